The lowest BCUT2D eigenvalue weighted by molar-refractivity contribution is 0.243. The first-order valence-corrected chi connectivity index (χ1v) is 8.32. The molecule has 2 rings (SSSR count). The van der Waals surface area contributed by atoms with Crippen LogP contribution in [0.15, 0.2) is 28.2 Å². The van der Waals surface area contributed by atoms with Gasteiger partial charge in [-0.2, -0.15) is 0 Å². The fraction of sp³-hybridized carbons (Fsp3) is 0.357. The van der Waals surface area contributed by atoms with Gasteiger partial charge in [0.2, 0.25) is 0 Å². The Hall–Kier alpha value is -0.460. The SMILES string of the molecule is Cc1ncsc1CN(C)C(CN)c1ccc(Br)c(Cl)c1. The van der Waals surface area contributed by atoms with Gasteiger partial charge < -0.3 is 5.73 Å². The van der Waals surface area contributed by atoms with Crippen molar-refractivity contribution in [2.75, 3.05) is 13.6 Å². The monoisotopic (exact) mass is 373 g/mol. The number of nitrogens with zero attached hydrogens (tertiary/aromatic N) is 2. The van der Waals surface area contributed by atoms with Gasteiger partial charge in [-0.3, -0.25) is 4.90 Å². The van der Waals surface area contributed by atoms with Crippen molar-refractivity contribution in [2.24, 2.45) is 5.73 Å². The molecule has 2 N–H and O–H groups in total. The van der Waals surface area contributed by atoms with Crippen molar-refractivity contribution in [3.8, 4) is 0 Å². The van der Waals surface area contributed by atoms with E-state index in [0.717, 1.165) is 22.3 Å². The molecule has 0 saturated carbocycles. The van der Waals surface area contributed by atoms with E-state index < -0.39 is 0 Å². The van der Waals surface area contributed by atoms with E-state index in [4.69, 9.17) is 17.3 Å². The summed E-state index contributed by atoms with van der Waals surface area (Å²) in [5, 5.41) is 0.711. The minimum atomic E-state index is 0.141. The third-order valence-corrected chi connectivity index (χ3v) is 5.47. The summed E-state index contributed by atoms with van der Waals surface area (Å²) in [4.78, 5) is 7.80. The fourth-order valence-corrected chi connectivity index (χ4v) is 3.38. The Kier molecular flexibility index (Phi) is 5.57. The summed E-state index contributed by atoms with van der Waals surface area (Å²) in [6, 6.07) is 6.14. The topological polar surface area (TPSA) is 42.2 Å². The number of thiazole rings is 1. The highest BCUT2D eigenvalue weighted by molar-refractivity contribution is 9.10. The maximum absolute atomic E-state index is 6.17. The van der Waals surface area contributed by atoms with Gasteiger partial charge >= 0.3 is 0 Å². The summed E-state index contributed by atoms with van der Waals surface area (Å²) in [5.74, 6) is 0. The molecule has 0 radical (unpaired) electrons. The fourth-order valence-electron chi connectivity index (χ4n) is 2.10. The minimum absolute atomic E-state index is 0.141. The number of aromatic nitrogens is 1. The molecule has 0 aliphatic heterocycles. The van der Waals surface area contributed by atoms with Gasteiger partial charge in [-0.1, -0.05) is 17.7 Å². The van der Waals surface area contributed by atoms with Crippen molar-refractivity contribution in [1.29, 1.82) is 0 Å². The number of halogens is 2. The third kappa shape index (κ3) is 3.59. The molecule has 1 atom stereocenters. The molecule has 0 spiro atoms. The lowest BCUT2D eigenvalue weighted by Crippen LogP contribution is -2.30. The average molecular weight is 375 g/mol. The number of hydrogen-bond donors (Lipinski definition) is 1. The van der Waals surface area contributed by atoms with Crippen molar-refractivity contribution >= 4 is 38.9 Å². The van der Waals surface area contributed by atoms with E-state index in [1.165, 1.54) is 4.88 Å². The smallest absolute Gasteiger partial charge is 0.0798 e. The Bertz CT molecular complexity index is 588. The first kappa shape index (κ1) is 15.9. The molecule has 1 aromatic heterocycles. The molecular weight excluding hydrogens is 358 g/mol. The summed E-state index contributed by atoms with van der Waals surface area (Å²) < 4.78 is 0.902. The second kappa shape index (κ2) is 7.00. The Labute approximate surface area is 136 Å². The molecule has 1 unspecified atom stereocenters. The highest BCUT2D eigenvalue weighted by atomic mass is 79.9. The van der Waals surface area contributed by atoms with E-state index in [2.05, 4.69) is 38.9 Å². The molecule has 0 fully saturated rings. The summed E-state index contributed by atoms with van der Waals surface area (Å²) in [6.07, 6.45) is 0. The van der Waals surface area contributed by atoms with Gasteiger partial charge in [-0.15, -0.1) is 11.3 Å². The number of nitrogens with two attached hydrogens (primary N) is 1. The van der Waals surface area contributed by atoms with Crippen LogP contribution in [-0.2, 0) is 6.54 Å². The minimum Gasteiger partial charge on any atom is -0.329 e. The second-order valence-corrected chi connectivity index (χ2v) is 6.90. The maximum atomic E-state index is 6.17. The maximum Gasteiger partial charge on any atom is 0.0798 e. The molecule has 0 amide bonds. The van der Waals surface area contributed by atoms with E-state index in [9.17, 15) is 0 Å². The lowest BCUT2D eigenvalue weighted by atomic mass is 10.1. The molecule has 0 aliphatic rings. The predicted molar refractivity (Wildman–Crippen MR) is 89.3 cm³/mol. The van der Waals surface area contributed by atoms with Crippen molar-refractivity contribution in [3.63, 3.8) is 0 Å². The number of hydrogen-bond acceptors (Lipinski definition) is 4. The number of benzene rings is 1. The van der Waals surface area contributed by atoms with Crippen LogP contribution < -0.4 is 5.73 Å². The van der Waals surface area contributed by atoms with Crippen LogP contribution in [0.2, 0.25) is 5.02 Å². The molecule has 1 heterocycles. The Balaban J connectivity index is 2.18. The van der Waals surface area contributed by atoms with Gasteiger partial charge in [0.15, 0.2) is 0 Å². The van der Waals surface area contributed by atoms with E-state index in [0.29, 0.717) is 11.6 Å². The van der Waals surface area contributed by atoms with Gasteiger partial charge in [0.25, 0.3) is 0 Å². The molecule has 2 aromatic rings. The summed E-state index contributed by atoms with van der Waals surface area (Å²) in [5.41, 5.74) is 10.1. The quantitative estimate of drug-likeness (QED) is 0.860. The summed E-state index contributed by atoms with van der Waals surface area (Å²) in [6.45, 7) is 3.42. The highest BCUT2D eigenvalue weighted by Gasteiger charge is 2.18. The summed E-state index contributed by atoms with van der Waals surface area (Å²) >= 11 is 11.3. The molecule has 1 aromatic carbocycles. The zero-order valence-corrected chi connectivity index (χ0v) is 14.6. The number of aryl methyl sites for hydroxylation is 1. The van der Waals surface area contributed by atoms with Gasteiger partial charge in [0.1, 0.15) is 0 Å². The zero-order chi connectivity index (χ0) is 14.7. The predicted octanol–water partition coefficient (Wildman–Crippen LogP) is 4.00. The van der Waals surface area contributed by atoms with Crippen molar-refractivity contribution in [3.05, 3.63) is 49.3 Å². The van der Waals surface area contributed by atoms with E-state index in [1.807, 2.05) is 24.6 Å². The normalized spacial score (nSPS) is 12.9. The van der Waals surface area contributed by atoms with Gasteiger partial charge in [-0.05, 0) is 47.6 Å². The zero-order valence-electron chi connectivity index (χ0n) is 11.4. The molecule has 3 nitrogen and oxygen atoms in total. The van der Waals surface area contributed by atoms with Gasteiger partial charge in [-0.25, -0.2) is 4.98 Å². The number of likely N-dealkylation sites (N-methyl/N-ethyl adjacent to an activating group) is 1. The lowest BCUT2D eigenvalue weighted by Gasteiger charge is -2.27. The second-order valence-electron chi connectivity index (χ2n) is 4.70. The van der Waals surface area contributed by atoms with Gasteiger partial charge in [0, 0.05) is 28.5 Å². The van der Waals surface area contributed by atoms with E-state index >= 15 is 0 Å². The molecule has 0 saturated heterocycles. The third-order valence-electron chi connectivity index (χ3n) is 3.32. The van der Waals surface area contributed by atoms with Crippen LogP contribution in [-0.4, -0.2) is 23.5 Å². The van der Waals surface area contributed by atoms with E-state index in [-0.39, 0.29) is 6.04 Å². The van der Waals surface area contributed by atoms with Crippen LogP contribution in [0.1, 0.15) is 22.2 Å². The largest absolute Gasteiger partial charge is 0.329 e. The standard InChI is InChI=1S/C14H17BrClN3S/c1-9-14(20-8-18-9)7-19(2)13(6-17)10-3-4-11(15)12(16)5-10/h3-5,8,13H,6-7,17H2,1-2H3. The van der Waals surface area contributed by atoms with Crippen LogP contribution in [0.5, 0.6) is 0 Å². The van der Waals surface area contributed by atoms with Crippen LogP contribution in [0.25, 0.3) is 0 Å². The molecule has 108 valence electrons. The van der Waals surface area contributed by atoms with Gasteiger partial charge in [0.05, 0.1) is 16.2 Å². The van der Waals surface area contributed by atoms with Crippen LogP contribution in [0.4, 0.5) is 0 Å². The van der Waals surface area contributed by atoms with Crippen molar-refractivity contribution in [1.82, 2.24) is 9.88 Å². The molecule has 0 aliphatic carbocycles. The molecular formula is C14H17BrClN3S. The van der Waals surface area contributed by atoms with E-state index in [1.54, 1.807) is 11.3 Å². The Morgan fingerprint density at radius 3 is 2.80 bits per heavy atom. The Morgan fingerprint density at radius 1 is 1.50 bits per heavy atom. The highest BCUT2D eigenvalue weighted by Crippen LogP contribution is 2.29. The van der Waals surface area contributed by atoms with Crippen molar-refractivity contribution in [2.45, 2.75) is 19.5 Å². The van der Waals surface area contributed by atoms with Crippen LogP contribution >= 0.6 is 38.9 Å². The van der Waals surface area contributed by atoms with Crippen LogP contribution in [0, 0.1) is 6.92 Å². The number of rotatable bonds is 5. The van der Waals surface area contributed by atoms with Crippen LogP contribution in [0.3, 0.4) is 0 Å². The first-order chi connectivity index (χ1) is 9.52. The molecule has 20 heavy (non-hydrogen) atoms. The summed E-state index contributed by atoms with van der Waals surface area (Å²) in [7, 11) is 2.08. The Morgan fingerprint density at radius 2 is 2.25 bits per heavy atom. The molecule has 6 heteroatoms. The first-order valence-electron chi connectivity index (χ1n) is 6.27. The van der Waals surface area contributed by atoms with Crippen molar-refractivity contribution < 1.29 is 0 Å². The average Bonchev–Trinajstić information content (AvgIpc) is 2.80. The molecule has 0 bridgehead atoms.